The van der Waals surface area contributed by atoms with E-state index in [9.17, 15) is 8.42 Å². The van der Waals surface area contributed by atoms with Crippen molar-refractivity contribution in [3.63, 3.8) is 0 Å². The summed E-state index contributed by atoms with van der Waals surface area (Å²) in [5, 5.41) is 0.468. The molecule has 0 bridgehead atoms. The summed E-state index contributed by atoms with van der Waals surface area (Å²) in [6.45, 7) is 4.85. The third-order valence-electron chi connectivity index (χ3n) is 4.19. The molecule has 1 atom stereocenters. The fraction of sp³-hybridized carbons (Fsp3) is 0.600. The van der Waals surface area contributed by atoms with Crippen LogP contribution in [-0.2, 0) is 19.5 Å². The lowest BCUT2D eigenvalue weighted by molar-refractivity contribution is -0.0354. The van der Waals surface area contributed by atoms with Gasteiger partial charge in [0, 0.05) is 30.6 Å². The Hall–Kier alpha value is -0.660. The van der Waals surface area contributed by atoms with Gasteiger partial charge in [0.15, 0.2) is 0 Å². The first-order chi connectivity index (χ1) is 10.5. The van der Waals surface area contributed by atoms with Gasteiger partial charge in [-0.2, -0.15) is 4.31 Å². The zero-order valence-corrected chi connectivity index (χ0v) is 14.1. The van der Waals surface area contributed by atoms with Crippen molar-refractivity contribution in [1.29, 1.82) is 0 Å². The molecule has 122 valence electrons. The highest BCUT2D eigenvalue weighted by atomic mass is 35.5. The predicted octanol–water partition coefficient (Wildman–Crippen LogP) is 2.07. The van der Waals surface area contributed by atoms with E-state index in [1.165, 1.54) is 10.4 Å². The average Bonchev–Trinajstić information content (AvgIpc) is 2.93. The maximum Gasteiger partial charge on any atom is 0.243 e. The van der Waals surface area contributed by atoms with E-state index >= 15 is 0 Å². The molecule has 0 unspecified atom stereocenters. The predicted molar refractivity (Wildman–Crippen MR) is 83.6 cm³/mol. The van der Waals surface area contributed by atoms with E-state index in [4.69, 9.17) is 21.1 Å². The standard InChI is InChI=1S/C15H20ClNO4S/c1-11-2-3-14(6-15(11)16)22(18,19)17-7-13(8-17)21-10-12-4-5-20-9-12/h2-3,6,12-13H,4-5,7-10H2,1H3/t12-/m0/s1. The Labute approximate surface area is 136 Å². The zero-order valence-electron chi connectivity index (χ0n) is 12.5. The number of ether oxygens (including phenoxy) is 2. The highest BCUT2D eigenvalue weighted by Crippen LogP contribution is 2.27. The van der Waals surface area contributed by atoms with Crippen molar-refractivity contribution in [3.8, 4) is 0 Å². The molecule has 1 aromatic carbocycles. The van der Waals surface area contributed by atoms with Gasteiger partial charge < -0.3 is 9.47 Å². The highest BCUT2D eigenvalue weighted by molar-refractivity contribution is 7.89. The number of sulfonamides is 1. The van der Waals surface area contributed by atoms with Crippen LogP contribution in [0.25, 0.3) is 0 Å². The van der Waals surface area contributed by atoms with Crippen molar-refractivity contribution in [2.45, 2.75) is 24.3 Å². The van der Waals surface area contributed by atoms with Crippen LogP contribution in [0.5, 0.6) is 0 Å². The van der Waals surface area contributed by atoms with Crippen LogP contribution in [0.1, 0.15) is 12.0 Å². The van der Waals surface area contributed by atoms with Gasteiger partial charge in [-0.15, -0.1) is 0 Å². The molecule has 0 aromatic heterocycles. The van der Waals surface area contributed by atoms with Crippen molar-refractivity contribution >= 4 is 21.6 Å². The molecule has 1 aromatic rings. The molecule has 7 heteroatoms. The normalized spacial score (nSPS) is 23.6. The zero-order chi connectivity index (χ0) is 15.7. The van der Waals surface area contributed by atoms with Crippen molar-refractivity contribution in [2.24, 2.45) is 5.92 Å². The van der Waals surface area contributed by atoms with Gasteiger partial charge in [0.25, 0.3) is 0 Å². The molecule has 0 amide bonds. The summed E-state index contributed by atoms with van der Waals surface area (Å²) in [6, 6.07) is 4.83. The maximum absolute atomic E-state index is 12.5. The Morgan fingerprint density at radius 3 is 2.82 bits per heavy atom. The smallest absolute Gasteiger partial charge is 0.243 e. The van der Waals surface area contributed by atoms with Crippen molar-refractivity contribution in [3.05, 3.63) is 28.8 Å². The molecular formula is C15H20ClNO4S. The molecule has 5 nitrogen and oxygen atoms in total. The second-order valence-electron chi connectivity index (χ2n) is 5.92. The van der Waals surface area contributed by atoms with E-state index in [1.54, 1.807) is 12.1 Å². The Bertz CT molecular complexity index is 637. The van der Waals surface area contributed by atoms with Crippen molar-refractivity contribution in [1.82, 2.24) is 4.31 Å². The Balaban J connectivity index is 1.55. The molecule has 0 saturated carbocycles. The summed E-state index contributed by atoms with van der Waals surface area (Å²) in [5.41, 5.74) is 0.865. The van der Waals surface area contributed by atoms with Gasteiger partial charge in [0.05, 0.1) is 24.2 Å². The molecule has 0 radical (unpaired) electrons. The first-order valence-electron chi connectivity index (χ1n) is 7.42. The second kappa shape index (κ2) is 6.45. The van der Waals surface area contributed by atoms with Crippen LogP contribution in [0, 0.1) is 12.8 Å². The van der Waals surface area contributed by atoms with Gasteiger partial charge in [0.2, 0.25) is 10.0 Å². The summed E-state index contributed by atoms with van der Waals surface area (Å²) in [6.07, 6.45) is 1.01. The van der Waals surface area contributed by atoms with Gasteiger partial charge in [-0.05, 0) is 31.0 Å². The third kappa shape index (κ3) is 3.31. The van der Waals surface area contributed by atoms with Crippen molar-refractivity contribution in [2.75, 3.05) is 32.9 Å². The molecule has 0 N–H and O–H groups in total. The van der Waals surface area contributed by atoms with Gasteiger partial charge in [-0.1, -0.05) is 17.7 Å². The number of halogens is 1. The van der Waals surface area contributed by atoms with Gasteiger partial charge >= 0.3 is 0 Å². The highest BCUT2D eigenvalue weighted by Gasteiger charge is 2.37. The van der Waals surface area contributed by atoms with Crippen LogP contribution in [0.15, 0.2) is 23.1 Å². The number of rotatable bonds is 5. The largest absolute Gasteiger partial charge is 0.381 e. The summed E-state index contributed by atoms with van der Waals surface area (Å²) >= 11 is 6.02. The molecule has 2 aliphatic heterocycles. The summed E-state index contributed by atoms with van der Waals surface area (Å²) in [7, 11) is -3.47. The number of hydrogen-bond acceptors (Lipinski definition) is 4. The average molecular weight is 346 g/mol. The molecular weight excluding hydrogens is 326 g/mol. The SMILES string of the molecule is Cc1ccc(S(=O)(=O)N2CC(OC[C@H]3CCOC3)C2)cc1Cl. The first kappa shape index (κ1) is 16.2. The van der Waals surface area contributed by atoms with E-state index in [0.29, 0.717) is 30.6 Å². The van der Waals surface area contributed by atoms with E-state index in [-0.39, 0.29) is 11.0 Å². The fourth-order valence-electron chi connectivity index (χ4n) is 2.57. The molecule has 3 rings (SSSR count). The summed E-state index contributed by atoms with van der Waals surface area (Å²) in [4.78, 5) is 0.241. The molecule has 2 heterocycles. The quantitative estimate of drug-likeness (QED) is 0.819. The van der Waals surface area contributed by atoms with Crippen LogP contribution >= 0.6 is 11.6 Å². The van der Waals surface area contributed by atoms with E-state index in [0.717, 1.165) is 25.2 Å². The second-order valence-corrected chi connectivity index (χ2v) is 8.26. The summed E-state index contributed by atoms with van der Waals surface area (Å²) in [5.74, 6) is 0.446. The minimum absolute atomic E-state index is 0.0173. The van der Waals surface area contributed by atoms with Crippen LogP contribution in [0.3, 0.4) is 0 Å². The van der Waals surface area contributed by atoms with Crippen LogP contribution < -0.4 is 0 Å². The van der Waals surface area contributed by atoms with Crippen LogP contribution in [-0.4, -0.2) is 51.7 Å². The molecule has 2 fully saturated rings. The number of nitrogens with zero attached hydrogens (tertiary/aromatic N) is 1. The molecule has 2 saturated heterocycles. The maximum atomic E-state index is 12.5. The van der Waals surface area contributed by atoms with E-state index < -0.39 is 10.0 Å². The Kier molecular flexibility index (Phi) is 4.75. The topological polar surface area (TPSA) is 55.8 Å². The number of aryl methyl sites for hydroxylation is 1. The van der Waals surface area contributed by atoms with Crippen LogP contribution in [0.4, 0.5) is 0 Å². The lowest BCUT2D eigenvalue weighted by Gasteiger charge is -2.38. The lowest BCUT2D eigenvalue weighted by Crippen LogP contribution is -2.54. The number of hydrogen-bond donors (Lipinski definition) is 0. The molecule has 0 spiro atoms. The Morgan fingerprint density at radius 2 is 2.18 bits per heavy atom. The lowest BCUT2D eigenvalue weighted by atomic mass is 10.1. The van der Waals surface area contributed by atoms with Gasteiger partial charge in [-0.25, -0.2) is 8.42 Å². The summed E-state index contributed by atoms with van der Waals surface area (Å²) < 4.78 is 37.4. The minimum atomic E-state index is -3.47. The molecule has 2 aliphatic rings. The third-order valence-corrected chi connectivity index (χ3v) is 6.42. The fourth-order valence-corrected chi connectivity index (χ4v) is 4.35. The molecule has 22 heavy (non-hydrogen) atoms. The van der Waals surface area contributed by atoms with E-state index in [1.807, 2.05) is 6.92 Å². The Morgan fingerprint density at radius 1 is 1.41 bits per heavy atom. The monoisotopic (exact) mass is 345 g/mol. The van der Waals surface area contributed by atoms with E-state index in [2.05, 4.69) is 0 Å². The van der Waals surface area contributed by atoms with Gasteiger partial charge in [-0.3, -0.25) is 0 Å². The van der Waals surface area contributed by atoms with Crippen molar-refractivity contribution < 1.29 is 17.9 Å². The van der Waals surface area contributed by atoms with Crippen LogP contribution in [0.2, 0.25) is 5.02 Å². The van der Waals surface area contributed by atoms with Gasteiger partial charge in [0.1, 0.15) is 0 Å². The first-order valence-corrected chi connectivity index (χ1v) is 9.24. The minimum Gasteiger partial charge on any atom is -0.381 e. The molecule has 0 aliphatic carbocycles. The number of benzene rings is 1.